The van der Waals surface area contributed by atoms with Gasteiger partial charge in [0.05, 0.1) is 12.0 Å². The monoisotopic (exact) mass is 372 g/mol. The van der Waals surface area contributed by atoms with Crippen LogP contribution in [-0.4, -0.2) is 17.0 Å². The molecule has 0 bridgehead atoms. The van der Waals surface area contributed by atoms with Crippen LogP contribution in [0.1, 0.15) is 11.1 Å². The molecule has 2 aromatic rings. The molecule has 2 rings (SSSR count). The quantitative estimate of drug-likeness (QED) is 0.830. The third-order valence-electron chi connectivity index (χ3n) is 3.05. The number of carbonyl (C=O) groups is 2. The molecule has 3 amide bonds. The van der Waals surface area contributed by atoms with E-state index in [1.807, 2.05) is 0 Å². The largest absolute Gasteiger partial charge is 0.416 e. The number of hydrogen-bond donors (Lipinski definition) is 1. The molecule has 25 heavy (non-hydrogen) atoms. The standard InChI is InChI=1S/C16H12ClF3N2O3/c17-12-6-4-10(5-7-12)8-14(23)22(15(21)24)25-13-3-1-2-11(9-13)16(18,19)20/h1-7,9H,8H2,(H2,21,24). The Labute approximate surface area is 145 Å². The minimum Gasteiger partial charge on any atom is -0.368 e. The minimum atomic E-state index is -4.59. The second-order valence-electron chi connectivity index (χ2n) is 4.95. The third kappa shape index (κ3) is 5.12. The van der Waals surface area contributed by atoms with Gasteiger partial charge in [-0.3, -0.25) is 4.79 Å². The summed E-state index contributed by atoms with van der Waals surface area (Å²) in [6.45, 7) is 0. The van der Waals surface area contributed by atoms with Gasteiger partial charge in [-0.2, -0.15) is 13.2 Å². The molecular weight excluding hydrogens is 361 g/mol. The average molecular weight is 373 g/mol. The third-order valence-corrected chi connectivity index (χ3v) is 3.31. The number of hydrogen-bond acceptors (Lipinski definition) is 3. The van der Waals surface area contributed by atoms with Gasteiger partial charge in [0.2, 0.25) is 0 Å². The van der Waals surface area contributed by atoms with Crippen LogP contribution in [0.3, 0.4) is 0 Å². The summed E-state index contributed by atoms with van der Waals surface area (Å²) in [4.78, 5) is 28.6. The van der Waals surface area contributed by atoms with Gasteiger partial charge in [0, 0.05) is 5.02 Å². The highest BCUT2D eigenvalue weighted by Gasteiger charge is 2.31. The lowest BCUT2D eigenvalue weighted by atomic mass is 10.1. The average Bonchev–Trinajstić information content (AvgIpc) is 2.54. The Morgan fingerprint density at radius 1 is 1.12 bits per heavy atom. The first kappa shape index (κ1) is 18.6. The van der Waals surface area contributed by atoms with Gasteiger partial charge < -0.3 is 10.6 Å². The van der Waals surface area contributed by atoms with E-state index in [1.165, 1.54) is 6.07 Å². The van der Waals surface area contributed by atoms with Gasteiger partial charge >= 0.3 is 12.2 Å². The lowest BCUT2D eigenvalue weighted by Crippen LogP contribution is -2.44. The van der Waals surface area contributed by atoms with Crippen LogP contribution in [0.15, 0.2) is 48.5 Å². The maximum atomic E-state index is 12.7. The van der Waals surface area contributed by atoms with Crippen molar-refractivity contribution in [2.45, 2.75) is 12.6 Å². The smallest absolute Gasteiger partial charge is 0.368 e. The van der Waals surface area contributed by atoms with E-state index in [0.29, 0.717) is 16.7 Å². The minimum absolute atomic E-state index is 0.212. The predicted molar refractivity (Wildman–Crippen MR) is 83.7 cm³/mol. The van der Waals surface area contributed by atoms with Crippen LogP contribution in [0.5, 0.6) is 5.75 Å². The van der Waals surface area contributed by atoms with Crippen molar-refractivity contribution in [3.63, 3.8) is 0 Å². The van der Waals surface area contributed by atoms with Crippen molar-refractivity contribution in [3.8, 4) is 5.75 Å². The number of urea groups is 1. The maximum absolute atomic E-state index is 12.7. The normalized spacial score (nSPS) is 11.0. The molecule has 0 aromatic heterocycles. The Kier molecular flexibility index (Phi) is 5.53. The van der Waals surface area contributed by atoms with Gasteiger partial charge in [-0.25, -0.2) is 4.79 Å². The molecule has 0 saturated heterocycles. The fraction of sp³-hybridized carbons (Fsp3) is 0.125. The van der Waals surface area contributed by atoms with E-state index >= 15 is 0 Å². The van der Waals surface area contributed by atoms with E-state index in [-0.39, 0.29) is 17.2 Å². The number of amides is 3. The van der Waals surface area contributed by atoms with Crippen molar-refractivity contribution in [1.82, 2.24) is 5.06 Å². The van der Waals surface area contributed by atoms with Crippen LogP contribution in [0.2, 0.25) is 5.02 Å². The summed E-state index contributed by atoms with van der Waals surface area (Å²) in [6.07, 6.45) is -4.84. The number of nitrogens with two attached hydrogens (primary N) is 1. The van der Waals surface area contributed by atoms with Gasteiger partial charge in [0.15, 0.2) is 5.75 Å². The first-order valence-electron chi connectivity index (χ1n) is 6.89. The van der Waals surface area contributed by atoms with Crippen molar-refractivity contribution in [3.05, 3.63) is 64.7 Å². The zero-order valence-electron chi connectivity index (χ0n) is 12.6. The van der Waals surface area contributed by atoms with Gasteiger partial charge in [-0.05, 0) is 35.9 Å². The SMILES string of the molecule is NC(=O)N(Oc1cccc(C(F)(F)F)c1)C(=O)Cc1ccc(Cl)cc1. The van der Waals surface area contributed by atoms with E-state index in [9.17, 15) is 22.8 Å². The highest BCUT2D eigenvalue weighted by atomic mass is 35.5. The van der Waals surface area contributed by atoms with Crippen LogP contribution in [-0.2, 0) is 17.4 Å². The summed E-state index contributed by atoms with van der Waals surface area (Å²) >= 11 is 5.73. The molecule has 0 unspecified atom stereocenters. The van der Waals surface area contributed by atoms with Crippen molar-refractivity contribution in [2.75, 3.05) is 0 Å². The molecular formula is C16H12ClF3N2O3. The molecule has 0 spiro atoms. The number of imide groups is 1. The number of nitrogens with zero attached hydrogens (tertiary/aromatic N) is 1. The molecule has 0 aliphatic rings. The Bertz CT molecular complexity index is 779. The zero-order valence-corrected chi connectivity index (χ0v) is 13.3. The maximum Gasteiger partial charge on any atom is 0.416 e. The number of primary amides is 1. The summed E-state index contributed by atoms with van der Waals surface area (Å²) in [7, 11) is 0. The molecule has 0 aliphatic carbocycles. The Hall–Kier alpha value is -2.74. The van der Waals surface area contributed by atoms with Crippen LogP contribution in [0.25, 0.3) is 0 Å². The summed E-state index contributed by atoms with van der Waals surface area (Å²) < 4.78 is 38.1. The second kappa shape index (κ2) is 7.43. The van der Waals surface area contributed by atoms with Crippen molar-refractivity contribution in [2.24, 2.45) is 5.73 Å². The molecule has 2 N–H and O–H groups in total. The lowest BCUT2D eigenvalue weighted by Gasteiger charge is -2.19. The lowest BCUT2D eigenvalue weighted by molar-refractivity contribution is -0.146. The zero-order chi connectivity index (χ0) is 18.6. The highest BCUT2D eigenvalue weighted by molar-refractivity contribution is 6.30. The predicted octanol–water partition coefficient (Wildman–Crippen LogP) is 3.80. The number of hydroxylamine groups is 2. The van der Waals surface area contributed by atoms with E-state index < -0.39 is 23.7 Å². The number of alkyl halides is 3. The first-order chi connectivity index (χ1) is 11.7. The summed E-state index contributed by atoms with van der Waals surface area (Å²) in [5, 5.41) is 0.674. The van der Waals surface area contributed by atoms with Crippen LogP contribution < -0.4 is 10.6 Å². The first-order valence-corrected chi connectivity index (χ1v) is 7.26. The van der Waals surface area contributed by atoms with E-state index in [4.69, 9.17) is 22.2 Å². The van der Waals surface area contributed by atoms with Crippen LogP contribution >= 0.6 is 11.6 Å². The van der Waals surface area contributed by atoms with Gasteiger partial charge in [0.1, 0.15) is 0 Å². The van der Waals surface area contributed by atoms with Crippen molar-refractivity contribution < 1.29 is 27.6 Å². The highest BCUT2D eigenvalue weighted by Crippen LogP contribution is 2.31. The molecule has 9 heteroatoms. The van der Waals surface area contributed by atoms with E-state index in [2.05, 4.69) is 0 Å². The molecule has 0 atom stereocenters. The second-order valence-corrected chi connectivity index (χ2v) is 5.38. The van der Waals surface area contributed by atoms with Crippen molar-refractivity contribution >= 4 is 23.5 Å². The van der Waals surface area contributed by atoms with E-state index in [1.54, 1.807) is 24.3 Å². The molecule has 0 heterocycles. The summed E-state index contributed by atoms with van der Waals surface area (Å²) in [5.41, 5.74) is 4.62. The number of halogens is 4. The number of rotatable bonds is 4. The number of benzene rings is 2. The molecule has 0 aliphatic heterocycles. The molecule has 0 saturated carbocycles. The van der Waals surface area contributed by atoms with Gasteiger partial charge in [0.25, 0.3) is 5.91 Å². The topological polar surface area (TPSA) is 72.6 Å². The Balaban J connectivity index is 2.17. The molecule has 5 nitrogen and oxygen atoms in total. The molecule has 132 valence electrons. The van der Waals surface area contributed by atoms with Crippen molar-refractivity contribution in [1.29, 1.82) is 0 Å². The Morgan fingerprint density at radius 3 is 2.32 bits per heavy atom. The summed E-state index contributed by atoms with van der Waals surface area (Å²) in [6, 6.07) is 8.70. The van der Waals surface area contributed by atoms with Gasteiger partial charge in [-0.1, -0.05) is 34.9 Å². The van der Waals surface area contributed by atoms with Gasteiger partial charge in [-0.15, -0.1) is 0 Å². The molecule has 0 fully saturated rings. The molecule has 2 aromatic carbocycles. The Morgan fingerprint density at radius 2 is 1.76 bits per heavy atom. The van der Waals surface area contributed by atoms with Crippen LogP contribution in [0.4, 0.5) is 18.0 Å². The fourth-order valence-electron chi connectivity index (χ4n) is 1.90. The van der Waals surface area contributed by atoms with E-state index in [0.717, 1.165) is 12.1 Å². The summed E-state index contributed by atoms with van der Waals surface area (Å²) in [5.74, 6) is -1.19. The number of carbonyl (C=O) groups excluding carboxylic acids is 2. The fourth-order valence-corrected chi connectivity index (χ4v) is 2.03. The van der Waals surface area contributed by atoms with Crippen LogP contribution in [0, 0.1) is 0 Å². The molecule has 0 radical (unpaired) electrons.